The summed E-state index contributed by atoms with van der Waals surface area (Å²) in [5.74, 6) is 0.772. The second kappa shape index (κ2) is 7.71. The van der Waals surface area contributed by atoms with E-state index in [0.29, 0.717) is 28.8 Å². The highest BCUT2D eigenvalue weighted by Gasteiger charge is 2.06. The molecule has 1 aromatic rings. The van der Waals surface area contributed by atoms with Crippen molar-refractivity contribution in [2.75, 3.05) is 6.61 Å². The summed E-state index contributed by atoms with van der Waals surface area (Å²) in [5, 5.41) is 12.3. The standard InChI is InChI=1S/C11H13BrCl2N2O2/c12-7-5-9(14)10(6-8(7)13)18-4-2-1-3-11(15)16-17/h5-6,17H,1-4H2,(H2,15,16). The lowest BCUT2D eigenvalue weighted by Crippen LogP contribution is -2.11. The van der Waals surface area contributed by atoms with Crippen LogP contribution in [0.5, 0.6) is 5.75 Å². The summed E-state index contributed by atoms with van der Waals surface area (Å²) in [7, 11) is 0. The van der Waals surface area contributed by atoms with Crippen LogP contribution in [0.4, 0.5) is 0 Å². The third-order valence-corrected chi connectivity index (χ3v) is 3.68. The third-order valence-electron chi connectivity index (χ3n) is 2.19. The van der Waals surface area contributed by atoms with Crippen LogP contribution in [0.25, 0.3) is 0 Å². The minimum absolute atomic E-state index is 0.222. The maximum atomic E-state index is 8.36. The molecule has 0 saturated carbocycles. The second-order valence-corrected chi connectivity index (χ2v) is 5.26. The Labute approximate surface area is 124 Å². The number of hydrogen-bond acceptors (Lipinski definition) is 3. The van der Waals surface area contributed by atoms with Gasteiger partial charge >= 0.3 is 0 Å². The molecule has 0 aromatic heterocycles. The van der Waals surface area contributed by atoms with Crippen LogP contribution in [0.3, 0.4) is 0 Å². The molecule has 7 heteroatoms. The minimum atomic E-state index is 0.222. The van der Waals surface area contributed by atoms with Crippen LogP contribution in [-0.2, 0) is 0 Å². The zero-order chi connectivity index (χ0) is 13.5. The summed E-state index contributed by atoms with van der Waals surface area (Å²) in [4.78, 5) is 0. The molecule has 0 aliphatic rings. The number of halogens is 3. The van der Waals surface area contributed by atoms with E-state index in [-0.39, 0.29) is 5.84 Å². The van der Waals surface area contributed by atoms with E-state index in [9.17, 15) is 0 Å². The summed E-state index contributed by atoms with van der Waals surface area (Å²) in [6.45, 7) is 0.496. The van der Waals surface area contributed by atoms with Gasteiger partial charge in [-0.05, 0) is 34.8 Å². The van der Waals surface area contributed by atoms with Crippen LogP contribution in [-0.4, -0.2) is 17.6 Å². The number of nitrogens with two attached hydrogens (primary N) is 1. The minimum Gasteiger partial charge on any atom is -0.492 e. The number of rotatable bonds is 6. The second-order valence-electron chi connectivity index (χ2n) is 3.59. The molecule has 18 heavy (non-hydrogen) atoms. The molecule has 0 spiro atoms. The first-order valence-corrected chi connectivity index (χ1v) is 6.83. The maximum Gasteiger partial charge on any atom is 0.139 e. The lowest BCUT2D eigenvalue weighted by atomic mass is 10.2. The monoisotopic (exact) mass is 354 g/mol. The first-order valence-electron chi connectivity index (χ1n) is 5.28. The predicted octanol–water partition coefficient (Wildman–Crippen LogP) is 4.05. The van der Waals surface area contributed by atoms with Gasteiger partial charge in [0.2, 0.25) is 0 Å². The highest BCUT2D eigenvalue weighted by Crippen LogP contribution is 2.34. The Hall–Kier alpha value is -0.650. The lowest BCUT2D eigenvalue weighted by molar-refractivity contribution is 0.305. The molecular weight excluding hydrogens is 343 g/mol. The summed E-state index contributed by atoms with van der Waals surface area (Å²) in [6.07, 6.45) is 2.09. The van der Waals surface area contributed by atoms with Crippen LogP contribution in [0.2, 0.25) is 10.0 Å². The zero-order valence-electron chi connectivity index (χ0n) is 9.50. The van der Waals surface area contributed by atoms with E-state index in [1.54, 1.807) is 12.1 Å². The fourth-order valence-electron chi connectivity index (χ4n) is 1.26. The number of ether oxygens (including phenoxy) is 1. The molecule has 0 fully saturated rings. The molecule has 100 valence electrons. The molecule has 0 unspecified atom stereocenters. The Morgan fingerprint density at radius 3 is 2.72 bits per heavy atom. The van der Waals surface area contributed by atoms with E-state index in [4.69, 9.17) is 38.9 Å². The van der Waals surface area contributed by atoms with Crippen molar-refractivity contribution in [3.8, 4) is 5.75 Å². The van der Waals surface area contributed by atoms with Gasteiger partial charge in [-0.2, -0.15) is 0 Å². The first kappa shape index (κ1) is 15.4. The highest BCUT2D eigenvalue weighted by atomic mass is 79.9. The Bertz CT molecular complexity index is 441. The molecule has 4 nitrogen and oxygen atoms in total. The molecular formula is C11H13BrCl2N2O2. The number of benzene rings is 1. The molecule has 0 heterocycles. The van der Waals surface area contributed by atoms with Crippen LogP contribution in [0, 0.1) is 0 Å². The van der Waals surface area contributed by atoms with Gasteiger partial charge in [0.25, 0.3) is 0 Å². The molecule has 1 rings (SSSR count). The van der Waals surface area contributed by atoms with Crippen molar-refractivity contribution in [3.63, 3.8) is 0 Å². The van der Waals surface area contributed by atoms with E-state index >= 15 is 0 Å². The van der Waals surface area contributed by atoms with Crippen molar-refractivity contribution in [1.82, 2.24) is 0 Å². The first-order chi connectivity index (χ1) is 8.54. The molecule has 0 amide bonds. The van der Waals surface area contributed by atoms with Crippen LogP contribution >= 0.6 is 39.1 Å². The largest absolute Gasteiger partial charge is 0.492 e. The van der Waals surface area contributed by atoms with Gasteiger partial charge in [0.05, 0.1) is 16.7 Å². The van der Waals surface area contributed by atoms with E-state index in [0.717, 1.165) is 17.3 Å². The van der Waals surface area contributed by atoms with Gasteiger partial charge in [-0.15, -0.1) is 0 Å². The van der Waals surface area contributed by atoms with Crippen molar-refractivity contribution >= 4 is 45.0 Å². The van der Waals surface area contributed by atoms with Crippen LogP contribution in [0.15, 0.2) is 21.8 Å². The Morgan fingerprint density at radius 2 is 2.06 bits per heavy atom. The lowest BCUT2D eigenvalue weighted by Gasteiger charge is -2.09. The van der Waals surface area contributed by atoms with Gasteiger partial charge in [-0.1, -0.05) is 28.4 Å². The highest BCUT2D eigenvalue weighted by molar-refractivity contribution is 9.10. The topological polar surface area (TPSA) is 67.8 Å². The van der Waals surface area contributed by atoms with Crippen molar-refractivity contribution in [1.29, 1.82) is 0 Å². The molecule has 0 radical (unpaired) electrons. The van der Waals surface area contributed by atoms with E-state index < -0.39 is 0 Å². The van der Waals surface area contributed by atoms with E-state index in [2.05, 4.69) is 21.1 Å². The van der Waals surface area contributed by atoms with Crippen LogP contribution < -0.4 is 10.5 Å². The summed E-state index contributed by atoms with van der Waals surface area (Å²) < 4.78 is 6.24. The SMILES string of the molecule is N/C(CCCCOc1cc(Cl)c(Br)cc1Cl)=N/O. The Kier molecular flexibility index (Phi) is 6.60. The zero-order valence-corrected chi connectivity index (χ0v) is 12.6. The Morgan fingerprint density at radius 1 is 1.33 bits per heavy atom. The molecule has 0 bridgehead atoms. The summed E-state index contributed by atoms with van der Waals surface area (Å²) >= 11 is 15.2. The molecule has 0 saturated heterocycles. The molecule has 1 aromatic carbocycles. The quantitative estimate of drug-likeness (QED) is 0.202. The summed E-state index contributed by atoms with van der Waals surface area (Å²) in [6, 6.07) is 3.35. The number of amidine groups is 1. The average Bonchev–Trinajstić information content (AvgIpc) is 2.34. The average molecular weight is 356 g/mol. The van der Waals surface area contributed by atoms with Crippen molar-refractivity contribution in [2.24, 2.45) is 10.9 Å². The van der Waals surface area contributed by atoms with E-state index in [1.807, 2.05) is 0 Å². The third kappa shape index (κ3) is 4.92. The van der Waals surface area contributed by atoms with Crippen LogP contribution in [0.1, 0.15) is 19.3 Å². The fourth-order valence-corrected chi connectivity index (χ4v) is 2.10. The van der Waals surface area contributed by atoms with Crippen molar-refractivity contribution in [2.45, 2.75) is 19.3 Å². The Balaban J connectivity index is 2.38. The van der Waals surface area contributed by atoms with Gasteiger partial charge in [0.1, 0.15) is 11.6 Å². The number of hydrogen-bond donors (Lipinski definition) is 2. The number of nitrogens with zero attached hydrogens (tertiary/aromatic N) is 1. The van der Waals surface area contributed by atoms with Gasteiger partial charge in [-0.3, -0.25) is 0 Å². The predicted molar refractivity (Wildman–Crippen MR) is 76.9 cm³/mol. The van der Waals surface area contributed by atoms with Gasteiger partial charge in [0, 0.05) is 17.0 Å². The number of unbranched alkanes of at least 4 members (excludes halogenated alkanes) is 1. The molecule has 3 N–H and O–H groups in total. The molecule has 0 aliphatic heterocycles. The molecule has 0 atom stereocenters. The van der Waals surface area contributed by atoms with Gasteiger partial charge in [-0.25, -0.2) is 0 Å². The van der Waals surface area contributed by atoms with Gasteiger partial charge in [0.15, 0.2) is 0 Å². The smallest absolute Gasteiger partial charge is 0.139 e. The maximum absolute atomic E-state index is 8.36. The van der Waals surface area contributed by atoms with Crippen molar-refractivity contribution < 1.29 is 9.94 Å². The molecule has 0 aliphatic carbocycles. The van der Waals surface area contributed by atoms with E-state index in [1.165, 1.54) is 0 Å². The normalized spacial score (nSPS) is 11.6. The van der Waals surface area contributed by atoms with Gasteiger partial charge < -0.3 is 15.7 Å². The summed E-state index contributed by atoms with van der Waals surface area (Å²) in [5.41, 5.74) is 5.34. The fraction of sp³-hybridized carbons (Fsp3) is 0.364. The number of oxime groups is 1. The van der Waals surface area contributed by atoms with Crippen molar-refractivity contribution in [3.05, 3.63) is 26.7 Å².